The van der Waals surface area contributed by atoms with Crippen LogP contribution in [-0.4, -0.2) is 18.3 Å². The summed E-state index contributed by atoms with van der Waals surface area (Å²) >= 11 is 0. The van der Waals surface area contributed by atoms with Gasteiger partial charge in [-0.1, -0.05) is 6.07 Å². The van der Waals surface area contributed by atoms with Gasteiger partial charge in [-0.2, -0.15) is 0 Å². The Labute approximate surface area is 101 Å². The highest BCUT2D eigenvalue weighted by Gasteiger charge is 1.91. The number of hydrogen-bond donors (Lipinski definition) is 0. The van der Waals surface area contributed by atoms with Crippen molar-refractivity contribution in [2.75, 3.05) is 7.11 Å². The van der Waals surface area contributed by atoms with Crippen molar-refractivity contribution in [3.8, 4) is 5.75 Å². The average molecular weight is 226 g/mol. The fraction of sp³-hybridized carbons (Fsp3) is 0.143. The highest BCUT2D eigenvalue weighted by Crippen LogP contribution is 2.09. The van der Waals surface area contributed by atoms with E-state index in [2.05, 4.69) is 9.98 Å². The van der Waals surface area contributed by atoms with Gasteiger partial charge in [0.1, 0.15) is 5.75 Å². The first-order chi connectivity index (χ1) is 8.38. The topological polar surface area (TPSA) is 34.5 Å². The summed E-state index contributed by atoms with van der Waals surface area (Å²) in [7, 11) is 1.66. The van der Waals surface area contributed by atoms with Crippen molar-refractivity contribution >= 4 is 6.21 Å². The third-order valence-corrected chi connectivity index (χ3v) is 2.34. The van der Waals surface area contributed by atoms with Crippen molar-refractivity contribution in [1.29, 1.82) is 0 Å². The molecule has 0 fully saturated rings. The van der Waals surface area contributed by atoms with E-state index in [9.17, 15) is 0 Å². The normalized spacial score (nSPS) is 10.6. The molecule has 3 heteroatoms. The minimum atomic E-state index is 0.604. The van der Waals surface area contributed by atoms with E-state index < -0.39 is 0 Å². The third-order valence-electron chi connectivity index (χ3n) is 2.34. The first-order valence-corrected chi connectivity index (χ1v) is 5.42. The van der Waals surface area contributed by atoms with Gasteiger partial charge in [-0.05, 0) is 42.0 Å². The predicted molar refractivity (Wildman–Crippen MR) is 68.5 cm³/mol. The largest absolute Gasteiger partial charge is 0.497 e. The summed E-state index contributed by atoms with van der Waals surface area (Å²) in [6, 6.07) is 13.6. The minimum Gasteiger partial charge on any atom is -0.497 e. The Morgan fingerprint density at radius 3 is 2.65 bits per heavy atom. The Kier molecular flexibility index (Phi) is 3.86. The van der Waals surface area contributed by atoms with Crippen LogP contribution < -0.4 is 4.74 Å². The molecule has 0 aliphatic rings. The van der Waals surface area contributed by atoms with Crippen LogP contribution in [0.5, 0.6) is 5.75 Å². The molecule has 0 saturated heterocycles. The molecule has 0 aliphatic heterocycles. The first-order valence-electron chi connectivity index (χ1n) is 5.42. The minimum absolute atomic E-state index is 0.604. The molecule has 0 spiro atoms. The Morgan fingerprint density at radius 1 is 1.18 bits per heavy atom. The number of aliphatic imine (C=N–C) groups is 1. The second kappa shape index (κ2) is 5.80. The molecule has 2 rings (SSSR count). The lowest BCUT2D eigenvalue weighted by molar-refractivity contribution is 0.415. The molecule has 1 heterocycles. The van der Waals surface area contributed by atoms with E-state index in [1.54, 1.807) is 13.3 Å². The van der Waals surface area contributed by atoms with E-state index in [0.29, 0.717) is 6.54 Å². The van der Waals surface area contributed by atoms with Gasteiger partial charge in [-0.25, -0.2) is 0 Å². The lowest BCUT2D eigenvalue weighted by Gasteiger charge is -1.98. The number of aromatic nitrogens is 1. The molecule has 0 unspecified atom stereocenters. The van der Waals surface area contributed by atoms with Crippen LogP contribution in [0.2, 0.25) is 0 Å². The van der Waals surface area contributed by atoms with Gasteiger partial charge in [0.15, 0.2) is 0 Å². The van der Waals surface area contributed by atoms with Crippen molar-refractivity contribution in [1.82, 2.24) is 4.98 Å². The van der Waals surface area contributed by atoms with E-state index in [-0.39, 0.29) is 0 Å². The lowest BCUT2D eigenvalue weighted by Crippen LogP contribution is -1.88. The molecular weight excluding hydrogens is 212 g/mol. The van der Waals surface area contributed by atoms with Crippen LogP contribution in [0.1, 0.15) is 11.3 Å². The Morgan fingerprint density at radius 2 is 2.00 bits per heavy atom. The second-order valence-electron chi connectivity index (χ2n) is 3.56. The zero-order chi connectivity index (χ0) is 11.9. The molecule has 0 bridgehead atoms. The number of hydrogen-bond acceptors (Lipinski definition) is 3. The Hall–Kier alpha value is -2.16. The maximum Gasteiger partial charge on any atom is 0.118 e. The van der Waals surface area contributed by atoms with E-state index >= 15 is 0 Å². The van der Waals surface area contributed by atoms with Crippen molar-refractivity contribution < 1.29 is 4.74 Å². The monoisotopic (exact) mass is 226 g/mol. The number of nitrogens with zero attached hydrogens (tertiary/aromatic N) is 2. The van der Waals surface area contributed by atoms with Crippen LogP contribution in [-0.2, 0) is 6.54 Å². The number of ether oxygens (including phenoxy) is 1. The zero-order valence-electron chi connectivity index (χ0n) is 9.71. The molecular formula is C14H14N2O. The molecule has 17 heavy (non-hydrogen) atoms. The molecule has 3 nitrogen and oxygen atoms in total. The molecule has 0 aliphatic carbocycles. The van der Waals surface area contributed by atoms with Gasteiger partial charge in [0.05, 0.1) is 19.3 Å². The molecule has 0 atom stereocenters. The Balaban J connectivity index is 1.96. The van der Waals surface area contributed by atoms with Gasteiger partial charge in [-0.15, -0.1) is 0 Å². The van der Waals surface area contributed by atoms with Gasteiger partial charge in [0.25, 0.3) is 0 Å². The summed E-state index contributed by atoms with van der Waals surface area (Å²) < 4.78 is 5.09. The SMILES string of the molecule is COc1ccc(C=NCc2ccccn2)cc1. The van der Waals surface area contributed by atoms with Gasteiger partial charge in [0, 0.05) is 12.4 Å². The molecule has 0 saturated carbocycles. The van der Waals surface area contributed by atoms with E-state index in [1.807, 2.05) is 48.7 Å². The highest BCUT2D eigenvalue weighted by atomic mass is 16.5. The van der Waals surface area contributed by atoms with Gasteiger partial charge >= 0.3 is 0 Å². The molecule has 1 aromatic heterocycles. The van der Waals surface area contributed by atoms with Crippen LogP contribution in [0.15, 0.2) is 53.7 Å². The molecule has 0 radical (unpaired) electrons. The van der Waals surface area contributed by atoms with Crippen LogP contribution in [0.25, 0.3) is 0 Å². The van der Waals surface area contributed by atoms with Gasteiger partial charge in [-0.3, -0.25) is 9.98 Å². The molecule has 0 amide bonds. The summed E-state index contributed by atoms with van der Waals surface area (Å²) in [5, 5.41) is 0. The van der Waals surface area contributed by atoms with E-state index in [4.69, 9.17) is 4.74 Å². The fourth-order valence-electron chi connectivity index (χ4n) is 1.43. The van der Waals surface area contributed by atoms with E-state index in [1.165, 1.54) is 0 Å². The number of methoxy groups -OCH3 is 1. The van der Waals surface area contributed by atoms with Crippen molar-refractivity contribution in [3.05, 3.63) is 59.9 Å². The first kappa shape index (κ1) is 11.3. The second-order valence-corrected chi connectivity index (χ2v) is 3.56. The quantitative estimate of drug-likeness (QED) is 0.751. The van der Waals surface area contributed by atoms with Crippen LogP contribution in [0, 0.1) is 0 Å². The van der Waals surface area contributed by atoms with Gasteiger partial charge < -0.3 is 4.74 Å². The van der Waals surface area contributed by atoms with E-state index in [0.717, 1.165) is 17.0 Å². The Bertz CT molecular complexity index is 477. The fourth-order valence-corrected chi connectivity index (χ4v) is 1.43. The maximum atomic E-state index is 5.09. The van der Waals surface area contributed by atoms with Crippen LogP contribution >= 0.6 is 0 Å². The summed E-state index contributed by atoms with van der Waals surface area (Å²) in [5.41, 5.74) is 2.03. The number of rotatable bonds is 4. The average Bonchev–Trinajstić information content (AvgIpc) is 2.41. The smallest absolute Gasteiger partial charge is 0.118 e. The van der Waals surface area contributed by atoms with Gasteiger partial charge in [0.2, 0.25) is 0 Å². The van der Waals surface area contributed by atoms with Crippen LogP contribution in [0.4, 0.5) is 0 Å². The zero-order valence-corrected chi connectivity index (χ0v) is 9.71. The molecule has 0 N–H and O–H groups in total. The molecule has 2 aromatic rings. The van der Waals surface area contributed by atoms with Crippen molar-refractivity contribution in [2.24, 2.45) is 4.99 Å². The highest BCUT2D eigenvalue weighted by molar-refractivity contribution is 5.79. The summed E-state index contributed by atoms with van der Waals surface area (Å²) in [6.45, 7) is 0.604. The number of pyridine rings is 1. The molecule has 1 aromatic carbocycles. The maximum absolute atomic E-state index is 5.09. The molecule has 86 valence electrons. The lowest BCUT2D eigenvalue weighted by atomic mass is 10.2. The summed E-state index contributed by atoms with van der Waals surface area (Å²) in [4.78, 5) is 8.54. The standard InChI is InChI=1S/C14H14N2O/c1-17-14-7-5-12(6-8-14)10-15-11-13-4-2-3-9-16-13/h2-10H,11H2,1H3. The third kappa shape index (κ3) is 3.41. The van der Waals surface area contributed by atoms with Crippen molar-refractivity contribution in [3.63, 3.8) is 0 Å². The summed E-state index contributed by atoms with van der Waals surface area (Å²) in [6.07, 6.45) is 3.62. The predicted octanol–water partition coefficient (Wildman–Crippen LogP) is 2.71. The number of benzene rings is 1. The summed E-state index contributed by atoms with van der Waals surface area (Å²) in [5.74, 6) is 0.854. The van der Waals surface area contributed by atoms with Crippen molar-refractivity contribution in [2.45, 2.75) is 6.54 Å². The van der Waals surface area contributed by atoms with Crippen LogP contribution in [0.3, 0.4) is 0 Å².